The van der Waals surface area contributed by atoms with Crippen molar-refractivity contribution in [2.75, 3.05) is 19.8 Å². The van der Waals surface area contributed by atoms with Crippen LogP contribution in [0.3, 0.4) is 0 Å². The van der Waals surface area contributed by atoms with Gasteiger partial charge >= 0.3 is 0 Å². The summed E-state index contributed by atoms with van der Waals surface area (Å²) in [6, 6.07) is 11.0. The normalized spacial score (nSPS) is 14.5. The van der Waals surface area contributed by atoms with Gasteiger partial charge in [-0.2, -0.15) is 0 Å². The van der Waals surface area contributed by atoms with Gasteiger partial charge in [0.2, 0.25) is 5.88 Å². The van der Waals surface area contributed by atoms with Crippen LogP contribution in [0.15, 0.2) is 30.3 Å². The summed E-state index contributed by atoms with van der Waals surface area (Å²) >= 11 is 0. The SMILES string of the molecule is CCOCCOc1cc(CNC2CC2)c2ccccc2n1. The lowest BCUT2D eigenvalue weighted by atomic mass is 10.1. The van der Waals surface area contributed by atoms with Gasteiger partial charge in [0.1, 0.15) is 6.61 Å². The van der Waals surface area contributed by atoms with Crippen LogP contribution in [0.1, 0.15) is 25.3 Å². The quantitative estimate of drug-likeness (QED) is 0.758. The Morgan fingerprint density at radius 2 is 2.10 bits per heavy atom. The van der Waals surface area contributed by atoms with Crippen molar-refractivity contribution >= 4 is 10.9 Å². The molecule has 1 aromatic carbocycles. The second kappa shape index (κ2) is 6.87. The predicted molar refractivity (Wildman–Crippen MR) is 83.6 cm³/mol. The second-order valence-corrected chi connectivity index (χ2v) is 5.34. The summed E-state index contributed by atoms with van der Waals surface area (Å²) in [5, 5.41) is 4.76. The number of para-hydroxylation sites is 1. The zero-order valence-corrected chi connectivity index (χ0v) is 12.5. The Hall–Kier alpha value is -1.65. The molecule has 0 atom stereocenters. The summed E-state index contributed by atoms with van der Waals surface area (Å²) in [5.41, 5.74) is 2.23. The van der Waals surface area contributed by atoms with Crippen molar-refractivity contribution in [2.24, 2.45) is 0 Å². The van der Waals surface area contributed by atoms with Gasteiger partial charge in [-0.05, 0) is 31.4 Å². The van der Waals surface area contributed by atoms with Gasteiger partial charge in [0.25, 0.3) is 0 Å². The van der Waals surface area contributed by atoms with Gasteiger partial charge in [0, 0.05) is 30.6 Å². The Kier molecular flexibility index (Phi) is 4.68. The van der Waals surface area contributed by atoms with Crippen molar-refractivity contribution in [1.29, 1.82) is 0 Å². The molecule has 2 aromatic rings. The summed E-state index contributed by atoms with van der Waals surface area (Å²) in [6.07, 6.45) is 2.58. The summed E-state index contributed by atoms with van der Waals surface area (Å²) in [5.74, 6) is 0.681. The van der Waals surface area contributed by atoms with Crippen LogP contribution in [-0.2, 0) is 11.3 Å². The number of nitrogens with one attached hydrogen (secondary N) is 1. The number of rotatable bonds is 8. The molecule has 1 aromatic heterocycles. The van der Waals surface area contributed by atoms with Crippen LogP contribution >= 0.6 is 0 Å². The third-order valence-corrected chi connectivity index (χ3v) is 3.62. The second-order valence-electron chi connectivity index (χ2n) is 5.34. The van der Waals surface area contributed by atoms with Crippen LogP contribution < -0.4 is 10.1 Å². The fourth-order valence-electron chi connectivity index (χ4n) is 2.33. The van der Waals surface area contributed by atoms with Gasteiger partial charge in [-0.1, -0.05) is 18.2 Å². The molecule has 1 N–H and O–H groups in total. The van der Waals surface area contributed by atoms with E-state index in [1.165, 1.54) is 23.8 Å². The van der Waals surface area contributed by atoms with E-state index < -0.39 is 0 Å². The minimum absolute atomic E-state index is 0.536. The maximum atomic E-state index is 5.72. The summed E-state index contributed by atoms with van der Waals surface area (Å²) in [4.78, 5) is 4.57. The number of hydrogen-bond donors (Lipinski definition) is 1. The number of nitrogens with zero attached hydrogens (tertiary/aromatic N) is 1. The molecular formula is C17H22N2O2. The molecule has 1 fully saturated rings. The molecule has 0 saturated heterocycles. The Morgan fingerprint density at radius 1 is 1.24 bits per heavy atom. The number of ether oxygens (including phenoxy) is 2. The molecule has 112 valence electrons. The van der Waals surface area contributed by atoms with Crippen LogP contribution in [-0.4, -0.2) is 30.8 Å². The van der Waals surface area contributed by atoms with E-state index in [9.17, 15) is 0 Å². The molecule has 1 aliphatic rings. The molecule has 0 unspecified atom stereocenters. The zero-order valence-electron chi connectivity index (χ0n) is 12.5. The number of hydrogen-bond acceptors (Lipinski definition) is 4. The molecule has 0 spiro atoms. The van der Waals surface area contributed by atoms with Crippen LogP contribution in [0.5, 0.6) is 5.88 Å². The number of aromatic nitrogens is 1. The molecule has 0 bridgehead atoms. The van der Waals surface area contributed by atoms with Gasteiger partial charge in [-0.15, -0.1) is 0 Å². The van der Waals surface area contributed by atoms with E-state index in [4.69, 9.17) is 9.47 Å². The van der Waals surface area contributed by atoms with E-state index in [0.717, 1.165) is 12.1 Å². The molecule has 4 heteroatoms. The van der Waals surface area contributed by atoms with Crippen LogP contribution in [0.25, 0.3) is 10.9 Å². The largest absolute Gasteiger partial charge is 0.475 e. The molecule has 1 heterocycles. The Morgan fingerprint density at radius 3 is 2.90 bits per heavy atom. The van der Waals surface area contributed by atoms with Crippen molar-refractivity contribution in [2.45, 2.75) is 32.4 Å². The maximum absolute atomic E-state index is 5.72. The zero-order chi connectivity index (χ0) is 14.5. The summed E-state index contributed by atoms with van der Waals surface area (Å²) in [6.45, 7) is 4.70. The first kappa shape index (κ1) is 14.3. The molecule has 0 radical (unpaired) electrons. The minimum atomic E-state index is 0.536. The highest BCUT2D eigenvalue weighted by atomic mass is 16.5. The smallest absolute Gasteiger partial charge is 0.214 e. The third kappa shape index (κ3) is 3.93. The number of pyridine rings is 1. The van der Waals surface area contributed by atoms with Crippen LogP contribution in [0.2, 0.25) is 0 Å². The first-order valence-corrected chi connectivity index (χ1v) is 7.69. The van der Waals surface area contributed by atoms with Gasteiger partial charge in [-0.25, -0.2) is 4.98 Å². The van der Waals surface area contributed by atoms with E-state index in [0.29, 0.717) is 31.7 Å². The molecular weight excluding hydrogens is 264 g/mol. The molecule has 21 heavy (non-hydrogen) atoms. The topological polar surface area (TPSA) is 43.4 Å². The van der Waals surface area contributed by atoms with Crippen molar-refractivity contribution in [1.82, 2.24) is 10.3 Å². The van der Waals surface area contributed by atoms with Gasteiger partial charge in [0.15, 0.2) is 0 Å². The lowest BCUT2D eigenvalue weighted by Gasteiger charge is -2.11. The summed E-state index contributed by atoms with van der Waals surface area (Å²) < 4.78 is 11.0. The first-order chi connectivity index (χ1) is 10.4. The lowest BCUT2D eigenvalue weighted by Crippen LogP contribution is -2.16. The minimum Gasteiger partial charge on any atom is -0.475 e. The Labute approximate surface area is 125 Å². The van der Waals surface area contributed by atoms with E-state index >= 15 is 0 Å². The highest BCUT2D eigenvalue weighted by Crippen LogP contribution is 2.24. The Balaban J connectivity index is 1.76. The fraction of sp³-hybridized carbons (Fsp3) is 0.471. The van der Waals surface area contributed by atoms with Gasteiger partial charge in [-0.3, -0.25) is 0 Å². The van der Waals surface area contributed by atoms with Crippen molar-refractivity contribution in [3.8, 4) is 5.88 Å². The maximum Gasteiger partial charge on any atom is 0.214 e. The average molecular weight is 286 g/mol. The van der Waals surface area contributed by atoms with E-state index in [1.54, 1.807) is 0 Å². The highest BCUT2D eigenvalue weighted by molar-refractivity contribution is 5.82. The molecule has 0 amide bonds. The number of benzene rings is 1. The van der Waals surface area contributed by atoms with E-state index in [1.807, 2.05) is 25.1 Å². The highest BCUT2D eigenvalue weighted by Gasteiger charge is 2.20. The van der Waals surface area contributed by atoms with E-state index in [2.05, 4.69) is 22.4 Å². The molecule has 0 aliphatic heterocycles. The monoisotopic (exact) mass is 286 g/mol. The van der Waals surface area contributed by atoms with Crippen molar-refractivity contribution < 1.29 is 9.47 Å². The first-order valence-electron chi connectivity index (χ1n) is 7.69. The van der Waals surface area contributed by atoms with Gasteiger partial charge in [0.05, 0.1) is 12.1 Å². The number of fused-ring (bicyclic) bond motifs is 1. The summed E-state index contributed by atoms with van der Waals surface area (Å²) in [7, 11) is 0. The molecule has 1 saturated carbocycles. The fourth-order valence-corrected chi connectivity index (χ4v) is 2.33. The lowest BCUT2D eigenvalue weighted by molar-refractivity contribution is 0.108. The predicted octanol–water partition coefficient (Wildman–Crippen LogP) is 2.90. The van der Waals surface area contributed by atoms with Crippen LogP contribution in [0.4, 0.5) is 0 Å². The van der Waals surface area contributed by atoms with Gasteiger partial charge < -0.3 is 14.8 Å². The standard InChI is InChI=1S/C17H22N2O2/c1-2-20-9-10-21-17-11-13(12-18-14-7-8-14)15-5-3-4-6-16(15)19-17/h3-6,11,14,18H,2,7-10,12H2,1H3. The third-order valence-electron chi connectivity index (χ3n) is 3.62. The van der Waals surface area contributed by atoms with Crippen LogP contribution in [0, 0.1) is 0 Å². The van der Waals surface area contributed by atoms with E-state index in [-0.39, 0.29) is 0 Å². The molecule has 1 aliphatic carbocycles. The van der Waals surface area contributed by atoms with Crippen molar-refractivity contribution in [3.63, 3.8) is 0 Å². The van der Waals surface area contributed by atoms with Crippen molar-refractivity contribution in [3.05, 3.63) is 35.9 Å². The Bertz CT molecular complexity index is 596. The molecule has 4 nitrogen and oxygen atoms in total. The molecule has 3 rings (SSSR count). The average Bonchev–Trinajstić information content (AvgIpc) is 3.33.